The van der Waals surface area contributed by atoms with Crippen LogP contribution in [0.5, 0.6) is 11.5 Å². The van der Waals surface area contributed by atoms with E-state index in [1.165, 1.54) is 6.07 Å². The van der Waals surface area contributed by atoms with Gasteiger partial charge in [-0.2, -0.15) is 0 Å². The lowest BCUT2D eigenvalue weighted by molar-refractivity contribution is 0.171. The van der Waals surface area contributed by atoms with Crippen LogP contribution >= 0.6 is 28.1 Å². The van der Waals surface area contributed by atoms with Gasteiger partial charge in [-0.1, -0.05) is 15.9 Å². The largest absolute Gasteiger partial charge is 0.486 e. The standard InChI is InChI=1S/C15H12BrFN2O2S/c16-9-1-3-12(11(17)7-9)19-15(22)18-10-2-4-13-14(8-10)21-6-5-20-13/h1-4,7-8H,5-6H2,(H2,18,19,22). The Labute approximate surface area is 140 Å². The highest BCUT2D eigenvalue weighted by atomic mass is 79.9. The number of hydrogen-bond donors (Lipinski definition) is 2. The van der Waals surface area contributed by atoms with Gasteiger partial charge in [-0.15, -0.1) is 0 Å². The summed E-state index contributed by atoms with van der Waals surface area (Å²) in [7, 11) is 0. The third-order valence-electron chi connectivity index (χ3n) is 2.98. The third kappa shape index (κ3) is 3.48. The Morgan fingerprint density at radius 2 is 1.82 bits per heavy atom. The fourth-order valence-corrected chi connectivity index (χ4v) is 2.56. The first kappa shape index (κ1) is 15.1. The van der Waals surface area contributed by atoms with Crippen molar-refractivity contribution in [2.24, 2.45) is 0 Å². The van der Waals surface area contributed by atoms with Crippen LogP contribution in [0.15, 0.2) is 40.9 Å². The highest BCUT2D eigenvalue weighted by Crippen LogP contribution is 2.32. The molecule has 2 aromatic rings. The molecule has 2 N–H and O–H groups in total. The van der Waals surface area contributed by atoms with Crippen molar-refractivity contribution >= 4 is 44.6 Å². The van der Waals surface area contributed by atoms with E-state index in [0.29, 0.717) is 34.9 Å². The number of ether oxygens (including phenoxy) is 2. The van der Waals surface area contributed by atoms with Crippen molar-refractivity contribution in [3.05, 3.63) is 46.7 Å². The van der Waals surface area contributed by atoms with Crippen LogP contribution in [-0.2, 0) is 0 Å². The molecule has 0 fully saturated rings. The molecule has 0 aliphatic carbocycles. The Morgan fingerprint density at radius 1 is 1.05 bits per heavy atom. The quantitative estimate of drug-likeness (QED) is 0.763. The zero-order valence-corrected chi connectivity index (χ0v) is 13.8. The zero-order chi connectivity index (χ0) is 15.5. The van der Waals surface area contributed by atoms with Crippen LogP contribution in [-0.4, -0.2) is 18.3 Å². The minimum Gasteiger partial charge on any atom is -0.486 e. The Bertz CT molecular complexity index is 727. The van der Waals surface area contributed by atoms with Crippen molar-refractivity contribution in [2.75, 3.05) is 23.8 Å². The van der Waals surface area contributed by atoms with Gasteiger partial charge < -0.3 is 20.1 Å². The molecule has 114 valence electrons. The Morgan fingerprint density at radius 3 is 2.59 bits per heavy atom. The first-order valence-corrected chi connectivity index (χ1v) is 7.75. The third-order valence-corrected chi connectivity index (χ3v) is 3.68. The molecule has 1 heterocycles. The fraction of sp³-hybridized carbons (Fsp3) is 0.133. The zero-order valence-electron chi connectivity index (χ0n) is 11.4. The van der Waals surface area contributed by atoms with E-state index in [0.717, 1.165) is 5.69 Å². The van der Waals surface area contributed by atoms with Gasteiger partial charge in [0.15, 0.2) is 16.6 Å². The number of benzene rings is 2. The molecule has 7 heteroatoms. The van der Waals surface area contributed by atoms with Gasteiger partial charge in [0, 0.05) is 16.2 Å². The predicted octanol–water partition coefficient (Wildman–Crippen LogP) is 4.17. The summed E-state index contributed by atoms with van der Waals surface area (Å²) < 4.78 is 25.4. The number of nitrogens with one attached hydrogen (secondary N) is 2. The summed E-state index contributed by atoms with van der Waals surface area (Å²) in [6.07, 6.45) is 0. The lowest BCUT2D eigenvalue weighted by Crippen LogP contribution is -2.20. The Hall–Kier alpha value is -1.86. The molecule has 0 bridgehead atoms. The molecule has 0 radical (unpaired) electrons. The van der Waals surface area contributed by atoms with Gasteiger partial charge in [0.05, 0.1) is 5.69 Å². The van der Waals surface area contributed by atoms with Crippen LogP contribution in [0.3, 0.4) is 0 Å². The minimum atomic E-state index is -0.388. The molecule has 1 aliphatic rings. The number of thiocarbonyl (C=S) groups is 1. The monoisotopic (exact) mass is 382 g/mol. The van der Waals surface area contributed by atoms with Crippen molar-refractivity contribution in [3.8, 4) is 11.5 Å². The number of hydrogen-bond acceptors (Lipinski definition) is 3. The smallest absolute Gasteiger partial charge is 0.175 e. The summed E-state index contributed by atoms with van der Waals surface area (Å²) in [6.45, 7) is 1.06. The van der Waals surface area contributed by atoms with Gasteiger partial charge in [0.2, 0.25) is 0 Å². The average Bonchev–Trinajstić information content (AvgIpc) is 2.50. The van der Waals surface area contributed by atoms with Crippen LogP contribution in [0.2, 0.25) is 0 Å². The van der Waals surface area contributed by atoms with Crippen molar-refractivity contribution < 1.29 is 13.9 Å². The summed E-state index contributed by atoms with van der Waals surface area (Å²) in [5.41, 5.74) is 1.04. The van der Waals surface area contributed by atoms with Gasteiger partial charge in [-0.3, -0.25) is 0 Å². The fourth-order valence-electron chi connectivity index (χ4n) is 2.00. The maximum absolute atomic E-state index is 13.8. The summed E-state index contributed by atoms with van der Waals surface area (Å²) in [4.78, 5) is 0. The van der Waals surface area contributed by atoms with Gasteiger partial charge in [0.25, 0.3) is 0 Å². The van der Waals surface area contributed by atoms with Crippen molar-refractivity contribution in [3.63, 3.8) is 0 Å². The normalized spacial score (nSPS) is 12.6. The summed E-state index contributed by atoms with van der Waals surface area (Å²) in [6, 6.07) is 10.1. The highest BCUT2D eigenvalue weighted by Gasteiger charge is 2.12. The number of fused-ring (bicyclic) bond motifs is 1. The molecule has 22 heavy (non-hydrogen) atoms. The van der Waals surface area contributed by atoms with E-state index in [-0.39, 0.29) is 10.9 Å². The van der Waals surface area contributed by atoms with Gasteiger partial charge in [-0.25, -0.2) is 4.39 Å². The maximum Gasteiger partial charge on any atom is 0.175 e. The molecule has 1 aliphatic heterocycles. The first-order valence-electron chi connectivity index (χ1n) is 6.54. The topological polar surface area (TPSA) is 42.5 Å². The number of anilines is 2. The van der Waals surface area contributed by atoms with Crippen LogP contribution in [0, 0.1) is 5.82 Å². The second kappa shape index (κ2) is 6.50. The first-order chi connectivity index (χ1) is 10.6. The van der Waals surface area contributed by atoms with Crippen molar-refractivity contribution in [2.45, 2.75) is 0 Å². The van der Waals surface area contributed by atoms with Gasteiger partial charge >= 0.3 is 0 Å². The van der Waals surface area contributed by atoms with E-state index in [9.17, 15) is 4.39 Å². The molecule has 0 aromatic heterocycles. The molecule has 0 saturated heterocycles. The summed E-state index contributed by atoms with van der Waals surface area (Å²) in [5.74, 6) is 0.976. The summed E-state index contributed by atoms with van der Waals surface area (Å²) >= 11 is 8.40. The molecule has 0 unspecified atom stereocenters. The van der Waals surface area contributed by atoms with E-state index in [1.807, 2.05) is 6.07 Å². The van der Waals surface area contributed by atoms with Crippen LogP contribution in [0.25, 0.3) is 0 Å². The van der Waals surface area contributed by atoms with Gasteiger partial charge in [0.1, 0.15) is 19.0 Å². The average molecular weight is 383 g/mol. The molecule has 4 nitrogen and oxygen atoms in total. The van der Waals surface area contributed by atoms with Gasteiger partial charge in [-0.05, 0) is 42.5 Å². The molecule has 0 amide bonds. The number of rotatable bonds is 2. The summed E-state index contributed by atoms with van der Waals surface area (Å²) in [5, 5.41) is 6.10. The SMILES string of the molecule is Fc1cc(Br)ccc1NC(=S)Nc1ccc2c(c1)OCCO2. The van der Waals surface area contributed by atoms with E-state index in [4.69, 9.17) is 21.7 Å². The van der Waals surface area contributed by atoms with Crippen molar-refractivity contribution in [1.82, 2.24) is 0 Å². The highest BCUT2D eigenvalue weighted by molar-refractivity contribution is 9.10. The second-order valence-corrected chi connectivity index (χ2v) is 5.89. The second-order valence-electron chi connectivity index (χ2n) is 4.56. The molecule has 2 aromatic carbocycles. The predicted molar refractivity (Wildman–Crippen MR) is 91.4 cm³/mol. The van der Waals surface area contributed by atoms with Crippen LogP contribution < -0.4 is 20.1 Å². The molecular formula is C15H12BrFN2O2S. The number of halogens is 2. The Kier molecular flexibility index (Phi) is 4.44. The lowest BCUT2D eigenvalue weighted by atomic mass is 10.2. The minimum absolute atomic E-state index is 0.290. The van der Waals surface area contributed by atoms with E-state index in [2.05, 4.69) is 26.6 Å². The Balaban J connectivity index is 1.69. The van der Waals surface area contributed by atoms with Crippen molar-refractivity contribution in [1.29, 1.82) is 0 Å². The van der Waals surface area contributed by atoms with Crippen LogP contribution in [0.1, 0.15) is 0 Å². The molecule has 0 saturated carbocycles. The van der Waals surface area contributed by atoms with E-state index < -0.39 is 0 Å². The van der Waals surface area contributed by atoms with E-state index in [1.54, 1.807) is 24.3 Å². The maximum atomic E-state index is 13.8. The van der Waals surface area contributed by atoms with Crippen LogP contribution in [0.4, 0.5) is 15.8 Å². The molecular weight excluding hydrogens is 371 g/mol. The van der Waals surface area contributed by atoms with E-state index >= 15 is 0 Å². The lowest BCUT2D eigenvalue weighted by Gasteiger charge is -2.19. The molecule has 3 rings (SSSR count). The molecule has 0 atom stereocenters. The molecule has 0 spiro atoms.